The summed E-state index contributed by atoms with van der Waals surface area (Å²) >= 11 is 0. The molecule has 2 rings (SSSR count). The van der Waals surface area contributed by atoms with E-state index < -0.39 is 0 Å². The van der Waals surface area contributed by atoms with Crippen LogP contribution in [0.1, 0.15) is 72.1 Å². The summed E-state index contributed by atoms with van der Waals surface area (Å²) in [5.41, 5.74) is 0.370. The van der Waals surface area contributed by atoms with Crippen molar-refractivity contribution in [1.29, 1.82) is 0 Å². The summed E-state index contributed by atoms with van der Waals surface area (Å²) in [5, 5.41) is 3.19. The third-order valence-electron chi connectivity index (χ3n) is 5.34. The van der Waals surface area contributed by atoms with E-state index in [4.69, 9.17) is 0 Å². The molecule has 2 fully saturated rings. The van der Waals surface area contributed by atoms with Crippen molar-refractivity contribution in [2.45, 2.75) is 78.2 Å². The Morgan fingerprint density at radius 3 is 2.59 bits per heavy atom. The number of likely N-dealkylation sites (tertiary alicyclic amines) is 1. The third-order valence-corrected chi connectivity index (χ3v) is 5.34. The number of carbonyl (C=O) groups excluding carboxylic acids is 2. The predicted octanol–water partition coefficient (Wildman–Crippen LogP) is 3.11. The Morgan fingerprint density at radius 2 is 1.95 bits per heavy atom. The van der Waals surface area contributed by atoms with Gasteiger partial charge in [0.2, 0.25) is 11.8 Å². The number of hydrogen-bond donors (Lipinski definition) is 1. The van der Waals surface area contributed by atoms with E-state index in [0.717, 1.165) is 31.7 Å². The lowest BCUT2D eigenvalue weighted by atomic mass is 9.76. The van der Waals surface area contributed by atoms with E-state index in [1.807, 2.05) is 4.90 Å². The Hall–Kier alpha value is -1.06. The fourth-order valence-electron chi connectivity index (χ4n) is 3.79. The maximum Gasteiger partial charge on any atom is 0.222 e. The van der Waals surface area contributed by atoms with Gasteiger partial charge in [0.15, 0.2) is 0 Å². The average Bonchev–Trinajstić information content (AvgIpc) is 2.69. The topological polar surface area (TPSA) is 49.4 Å². The predicted molar refractivity (Wildman–Crippen MR) is 88.4 cm³/mol. The molecule has 0 aromatic carbocycles. The molecule has 1 aliphatic heterocycles. The fraction of sp³-hybridized carbons (Fsp3) is 0.889. The molecule has 1 N–H and O–H groups in total. The lowest BCUT2D eigenvalue weighted by Gasteiger charge is -2.29. The molecule has 1 aliphatic carbocycles. The van der Waals surface area contributed by atoms with E-state index in [2.05, 4.69) is 26.1 Å². The molecule has 1 heterocycles. The third kappa shape index (κ3) is 4.99. The summed E-state index contributed by atoms with van der Waals surface area (Å²) in [5.74, 6) is 1.07. The highest BCUT2D eigenvalue weighted by atomic mass is 16.2. The molecule has 0 bridgehead atoms. The van der Waals surface area contributed by atoms with Crippen LogP contribution in [-0.4, -0.2) is 35.8 Å². The zero-order chi connectivity index (χ0) is 16.2. The van der Waals surface area contributed by atoms with Crippen molar-refractivity contribution in [3.8, 4) is 0 Å². The first-order valence-electron chi connectivity index (χ1n) is 8.93. The Kier molecular flexibility index (Phi) is 5.87. The summed E-state index contributed by atoms with van der Waals surface area (Å²) in [6, 6.07) is 0.328. The van der Waals surface area contributed by atoms with Gasteiger partial charge in [0.1, 0.15) is 0 Å². The van der Waals surface area contributed by atoms with Gasteiger partial charge < -0.3 is 10.2 Å². The van der Waals surface area contributed by atoms with Crippen LogP contribution in [0.2, 0.25) is 0 Å². The van der Waals surface area contributed by atoms with Crippen LogP contribution in [0.3, 0.4) is 0 Å². The van der Waals surface area contributed by atoms with Gasteiger partial charge in [-0.3, -0.25) is 9.59 Å². The van der Waals surface area contributed by atoms with Crippen molar-refractivity contribution in [1.82, 2.24) is 10.2 Å². The second-order valence-corrected chi connectivity index (χ2v) is 8.07. The molecule has 2 amide bonds. The Balaban J connectivity index is 1.71. The van der Waals surface area contributed by atoms with Gasteiger partial charge in [0.25, 0.3) is 0 Å². The number of nitrogens with zero attached hydrogens (tertiary/aromatic N) is 1. The van der Waals surface area contributed by atoms with Crippen molar-refractivity contribution in [2.75, 3.05) is 13.1 Å². The van der Waals surface area contributed by atoms with Crippen LogP contribution in [0.4, 0.5) is 0 Å². The Morgan fingerprint density at radius 1 is 1.18 bits per heavy atom. The molecule has 1 saturated heterocycles. The lowest BCUT2D eigenvalue weighted by molar-refractivity contribution is -0.128. The highest BCUT2D eigenvalue weighted by Gasteiger charge is 2.28. The van der Waals surface area contributed by atoms with Crippen molar-refractivity contribution in [3.63, 3.8) is 0 Å². The van der Waals surface area contributed by atoms with Crippen LogP contribution in [0.5, 0.6) is 0 Å². The van der Waals surface area contributed by atoms with Crippen LogP contribution in [0, 0.1) is 11.3 Å². The molecule has 2 unspecified atom stereocenters. The minimum Gasteiger partial charge on any atom is -0.353 e. The maximum absolute atomic E-state index is 12.1. The number of nitrogens with one attached hydrogen (secondary N) is 1. The summed E-state index contributed by atoms with van der Waals surface area (Å²) in [4.78, 5) is 25.5. The minimum absolute atomic E-state index is 0.110. The van der Waals surface area contributed by atoms with E-state index in [0.29, 0.717) is 30.8 Å². The van der Waals surface area contributed by atoms with Gasteiger partial charge >= 0.3 is 0 Å². The standard InChI is InChI=1S/C18H32N2O2/c1-18(2,3)14-6-4-7-15(10-9-14)19-16(21)11-13-20-12-5-8-17(20)22/h14-15H,4-13H2,1-3H3,(H,19,21). The smallest absolute Gasteiger partial charge is 0.222 e. The van der Waals surface area contributed by atoms with E-state index in [1.165, 1.54) is 19.3 Å². The summed E-state index contributed by atoms with van der Waals surface area (Å²) < 4.78 is 0. The molecule has 0 aromatic heterocycles. The van der Waals surface area contributed by atoms with E-state index in [-0.39, 0.29) is 11.8 Å². The first-order valence-corrected chi connectivity index (χ1v) is 8.93. The summed E-state index contributed by atoms with van der Waals surface area (Å²) in [6.07, 6.45) is 7.92. The first-order chi connectivity index (χ1) is 10.4. The van der Waals surface area contributed by atoms with Gasteiger partial charge in [-0.2, -0.15) is 0 Å². The summed E-state index contributed by atoms with van der Waals surface area (Å²) in [7, 11) is 0. The molecule has 0 spiro atoms. The van der Waals surface area contributed by atoms with Crippen LogP contribution in [0.15, 0.2) is 0 Å². The van der Waals surface area contributed by atoms with Gasteiger partial charge in [-0.15, -0.1) is 0 Å². The maximum atomic E-state index is 12.1. The molecule has 4 heteroatoms. The Bertz CT molecular complexity index is 400. The van der Waals surface area contributed by atoms with Gasteiger partial charge in [-0.25, -0.2) is 0 Å². The molecule has 1 saturated carbocycles. The molecular weight excluding hydrogens is 276 g/mol. The normalized spacial score (nSPS) is 26.9. The quantitative estimate of drug-likeness (QED) is 0.811. The van der Waals surface area contributed by atoms with Gasteiger partial charge in [-0.05, 0) is 43.4 Å². The average molecular weight is 308 g/mol. The first kappa shape index (κ1) is 17.3. The highest BCUT2D eigenvalue weighted by molar-refractivity contribution is 5.80. The number of amides is 2. The van der Waals surface area contributed by atoms with Crippen LogP contribution >= 0.6 is 0 Å². The number of rotatable bonds is 4. The summed E-state index contributed by atoms with van der Waals surface area (Å²) in [6.45, 7) is 8.38. The number of hydrogen-bond acceptors (Lipinski definition) is 2. The van der Waals surface area contributed by atoms with E-state index in [9.17, 15) is 9.59 Å². The second-order valence-electron chi connectivity index (χ2n) is 8.07. The SMILES string of the molecule is CC(C)(C)C1CCCC(NC(=O)CCN2CCCC2=O)CC1. The minimum atomic E-state index is 0.110. The molecule has 2 atom stereocenters. The molecule has 4 nitrogen and oxygen atoms in total. The van der Waals surface area contributed by atoms with Crippen molar-refractivity contribution < 1.29 is 9.59 Å². The van der Waals surface area contributed by atoms with Crippen LogP contribution in [-0.2, 0) is 9.59 Å². The van der Waals surface area contributed by atoms with E-state index >= 15 is 0 Å². The zero-order valence-corrected chi connectivity index (χ0v) is 14.5. The van der Waals surface area contributed by atoms with Crippen molar-refractivity contribution in [2.24, 2.45) is 11.3 Å². The number of carbonyl (C=O) groups is 2. The molecule has 0 radical (unpaired) electrons. The fourth-order valence-corrected chi connectivity index (χ4v) is 3.79. The van der Waals surface area contributed by atoms with E-state index in [1.54, 1.807) is 0 Å². The molecule has 2 aliphatic rings. The molecule has 126 valence electrons. The van der Waals surface area contributed by atoms with Crippen molar-refractivity contribution in [3.05, 3.63) is 0 Å². The molecule has 22 heavy (non-hydrogen) atoms. The van der Waals surface area contributed by atoms with Gasteiger partial charge in [-0.1, -0.05) is 27.2 Å². The molecule has 0 aromatic rings. The monoisotopic (exact) mass is 308 g/mol. The highest BCUT2D eigenvalue weighted by Crippen LogP contribution is 2.36. The zero-order valence-electron chi connectivity index (χ0n) is 14.5. The Labute approximate surface area is 135 Å². The van der Waals surface area contributed by atoms with Gasteiger partial charge in [0, 0.05) is 32.0 Å². The van der Waals surface area contributed by atoms with Crippen molar-refractivity contribution >= 4 is 11.8 Å². The van der Waals surface area contributed by atoms with Crippen LogP contribution in [0.25, 0.3) is 0 Å². The lowest BCUT2D eigenvalue weighted by Crippen LogP contribution is -2.37. The second kappa shape index (κ2) is 7.47. The largest absolute Gasteiger partial charge is 0.353 e. The van der Waals surface area contributed by atoms with Gasteiger partial charge in [0.05, 0.1) is 0 Å². The molecular formula is C18H32N2O2. The van der Waals surface area contributed by atoms with Crippen LogP contribution < -0.4 is 5.32 Å².